The number of ether oxygens (including phenoxy) is 1. The molecule has 2 N–H and O–H groups in total. The van der Waals surface area contributed by atoms with Crippen molar-refractivity contribution in [3.63, 3.8) is 0 Å². The molecular formula is C12H19N3O2S2. The van der Waals surface area contributed by atoms with Crippen molar-refractivity contribution in [3.8, 4) is 0 Å². The Morgan fingerprint density at radius 2 is 2.47 bits per heavy atom. The summed E-state index contributed by atoms with van der Waals surface area (Å²) in [7, 11) is 1.39. The first kappa shape index (κ1) is 14.7. The molecule has 5 nitrogen and oxygen atoms in total. The maximum atomic E-state index is 11.8. The van der Waals surface area contributed by atoms with Crippen molar-refractivity contribution in [2.45, 2.75) is 54.2 Å². The standard InChI is InChI=1S/C12H19N3O2S2/c1-3-9-14-11(19-15-9)18-8-5-4-6-12(13,7-8)10(16)17-2/h8H,3-7,13H2,1-2H3. The largest absolute Gasteiger partial charge is 0.468 e. The zero-order valence-corrected chi connectivity index (χ0v) is 12.9. The molecule has 0 saturated heterocycles. The molecule has 1 aromatic heterocycles. The fourth-order valence-electron chi connectivity index (χ4n) is 2.32. The van der Waals surface area contributed by atoms with E-state index in [1.165, 1.54) is 18.6 Å². The Morgan fingerprint density at radius 1 is 1.68 bits per heavy atom. The van der Waals surface area contributed by atoms with Gasteiger partial charge >= 0.3 is 5.97 Å². The summed E-state index contributed by atoms with van der Waals surface area (Å²) >= 11 is 3.11. The monoisotopic (exact) mass is 301 g/mol. The molecule has 1 aromatic rings. The van der Waals surface area contributed by atoms with Gasteiger partial charge in [-0.15, -0.1) is 0 Å². The number of rotatable bonds is 4. The van der Waals surface area contributed by atoms with Crippen molar-refractivity contribution in [1.82, 2.24) is 9.36 Å². The number of esters is 1. The van der Waals surface area contributed by atoms with E-state index in [0.29, 0.717) is 18.1 Å². The first-order valence-electron chi connectivity index (χ1n) is 6.44. The lowest BCUT2D eigenvalue weighted by Gasteiger charge is -2.34. The lowest BCUT2D eigenvalue weighted by atomic mass is 9.82. The summed E-state index contributed by atoms with van der Waals surface area (Å²) in [5.74, 6) is 0.583. The molecular weight excluding hydrogens is 282 g/mol. The van der Waals surface area contributed by atoms with Crippen molar-refractivity contribution in [3.05, 3.63) is 5.82 Å². The SMILES string of the molecule is CCc1nsc(SC2CCCC(N)(C(=O)OC)C2)n1. The average molecular weight is 301 g/mol. The van der Waals surface area contributed by atoms with Crippen molar-refractivity contribution in [1.29, 1.82) is 0 Å². The van der Waals surface area contributed by atoms with Gasteiger partial charge in [0, 0.05) is 11.7 Å². The molecule has 7 heteroatoms. The van der Waals surface area contributed by atoms with Crippen LogP contribution in [0, 0.1) is 0 Å². The topological polar surface area (TPSA) is 78.1 Å². The van der Waals surface area contributed by atoms with Crippen LogP contribution < -0.4 is 5.73 Å². The molecule has 0 spiro atoms. The highest BCUT2D eigenvalue weighted by Crippen LogP contribution is 2.38. The number of hydrogen-bond donors (Lipinski definition) is 1. The summed E-state index contributed by atoms with van der Waals surface area (Å²) in [4.78, 5) is 16.2. The third kappa shape index (κ3) is 3.46. The van der Waals surface area contributed by atoms with E-state index < -0.39 is 5.54 Å². The highest BCUT2D eigenvalue weighted by Gasteiger charge is 2.40. The molecule has 0 aromatic carbocycles. The van der Waals surface area contributed by atoms with Crippen LogP contribution in [0.3, 0.4) is 0 Å². The molecule has 0 bridgehead atoms. The van der Waals surface area contributed by atoms with Crippen molar-refractivity contribution in [2.75, 3.05) is 7.11 Å². The second-order valence-corrected chi connectivity index (χ2v) is 7.11. The average Bonchev–Trinajstić information content (AvgIpc) is 2.85. The van der Waals surface area contributed by atoms with Gasteiger partial charge in [0.2, 0.25) is 0 Å². The maximum Gasteiger partial charge on any atom is 0.325 e. The molecule has 1 fully saturated rings. The number of thioether (sulfide) groups is 1. The zero-order chi connectivity index (χ0) is 13.9. The fraction of sp³-hybridized carbons (Fsp3) is 0.750. The van der Waals surface area contributed by atoms with E-state index in [2.05, 4.69) is 9.36 Å². The second-order valence-electron chi connectivity index (χ2n) is 4.81. The minimum Gasteiger partial charge on any atom is -0.468 e. The first-order valence-corrected chi connectivity index (χ1v) is 8.09. The summed E-state index contributed by atoms with van der Waals surface area (Å²) in [6.45, 7) is 2.04. The van der Waals surface area contributed by atoms with Gasteiger partial charge in [0.1, 0.15) is 11.4 Å². The summed E-state index contributed by atoms with van der Waals surface area (Å²) in [5.41, 5.74) is 5.34. The minimum atomic E-state index is -0.830. The normalized spacial score (nSPS) is 27.2. The molecule has 1 aliphatic carbocycles. The quantitative estimate of drug-likeness (QED) is 0.857. The number of carbonyl (C=O) groups excluding carboxylic acids is 1. The zero-order valence-electron chi connectivity index (χ0n) is 11.2. The number of carbonyl (C=O) groups is 1. The van der Waals surface area contributed by atoms with Gasteiger partial charge in [0.05, 0.1) is 7.11 Å². The van der Waals surface area contributed by atoms with Crippen molar-refractivity contribution >= 4 is 29.3 Å². The summed E-state index contributed by atoms with van der Waals surface area (Å²) in [6.07, 6.45) is 4.20. The van der Waals surface area contributed by atoms with Crippen LogP contribution in [-0.4, -0.2) is 33.2 Å². The van der Waals surface area contributed by atoms with Crippen molar-refractivity contribution in [2.24, 2.45) is 5.73 Å². The Balaban J connectivity index is 1.99. The third-order valence-corrected chi connectivity index (χ3v) is 5.46. The van der Waals surface area contributed by atoms with Gasteiger partial charge in [0.25, 0.3) is 0 Å². The van der Waals surface area contributed by atoms with E-state index in [0.717, 1.165) is 29.4 Å². The number of methoxy groups -OCH3 is 1. The van der Waals surface area contributed by atoms with Gasteiger partial charge in [-0.05, 0) is 37.2 Å². The predicted molar refractivity (Wildman–Crippen MR) is 76.3 cm³/mol. The van der Waals surface area contributed by atoms with Crippen LogP contribution in [0.5, 0.6) is 0 Å². The van der Waals surface area contributed by atoms with Gasteiger partial charge in [-0.3, -0.25) is 4.79 Å². The molecule has 2 unspecified atom stereocenters. The number of nitrogens with zero attached hydrogens (tertiary/aromatic N) is 2. The molecule has 106 valence electrons. The van der Waals surface area contributed by atoms with Gasteiger partial charge in [-0.25, -0.2) is 4.98 Å². The van der Waals surface area contributed by atoms with E-state index in [9.17, 15) is 4.79 Å². The van der Waals surface area contributed by atoms with Gasteiger partial charge in [-0.2, -0.15) is 4.37 Å². The van der Waals surface area contributed by atoms with Crippen molar-refractivity contribution < 1.29 is 9.53 Å². The molecule has 0 radical (unpaired) electrons. The second kappa shape index (κ2) is 6.19. The Kier molecular flexibility index (Phi) is 4.81. The van der Waals surface area contributed by atoms with Crippen LogP contribution >= 0.6 is 23.3 Å². The molecule has 0 amide bonds. The van der Waals surface area contributed by atoms with Crippen LogP contribution in [0.1, 0.15) is 38.4 Å². The number of aromatic nitrogens is 2. The first-order chi connectivity index (χ1) is 9.07. The number of aryl methyl sites for hydroxylation is 1. The predicted octanol–water partition coefficient (Wildman–Crippen LogP) is 2.01. The number of nitrogens with two attached hydrogens (primary N) is 1. The third-order valence-electron chi connectivity index (χ3n) is 3.37. The van der Waals surface area contributed by atoms with Gasteiger partial charge in [0.15, 0.2) is 4.34 Å². The molecule has 19 heavy (non-hydrogen) atoms. The highest BCUT2D eigenvalue weighted by atomic mass is 32.2. The summed E-state index contributed by atoms with van der Waals surface area (Å²) < 4.78 is 10.1. The minimum absolute atomic E-state index is 0.302. The van der Waals surface area contributed by atoms with Gasteiger partial charge in [-0.1, -0.05) is 18.7 Å². The van der Waals surface area contributed by atoms with E-state index in [-0.39, 0.29) is 5.97 Å². The van der Waals surface area contributed by atoms with Crippen LogP contribution in [0.4, 0.5) is 0 Å². The lowest BCUT2D eigenvalue weighted by molar-refractivity contribution is -0.148. The molecule has 2 rings (SSSR count). The fourth-order valence-corrected chi connectivity index (χ4v) is 4.62. The van der Waals surface area contributed by atoms with Crippen LogP contribution in [0.2, 0.25) is 0 Å². The van der Waals surface area contributed by atoms with Gasteiger partial charge < -0.3 is 10.5 Å². The van der Waals surface area contributed by atoms with E-state index in [1.807, 2.05) is 6.92 Å². The molecule has 0 aliphatic heterocycles. The molecule has 1 heterocycles. The summed E-state index contributed by atoms with van der Waals surface area (Å²) in [6, 6.07) is 0. The Bertz CT molecular complexity index is 452. The highest BCUT2D eigenvalue weighted by molar-refractivity contribution is 8.01. The Labute approximate surface area is 121 Å². The van der Waals surface area contributed by atoms with E-state index >= 15 is 0 Å². The molecule has 2 atom stereocenters. The van der Waals surface area contributed by atoms with E-state index in [4.69, 9.17) is 10.5 Å². The Morgan fingerprint density at radius 3 is 3.11 bits per heavy atom. The lowest BCUT2D eigenvalue weighted by Crippen LogP contribution is -2.52. The molecule has 1 saturated carbocycles. The number of hydrogen-bond acceptors (Lipinski definition) is 7. The molecule has 1 aliphatic rings. The smallest absolute Gasteiger partial charge is 0.325 e. The van der Waals surface area contributed by atoms with E-state index in [1.54, 1.807) is 11.8 Å². The Hall–Kier alpha value is -0.660. The van der Waals surface area contributed by atoms with Crippen LogP contribution in [-0.2, 0) is 16.0 Å². The van der Waals surface area contributed by atoms with Crippen LogP contribution in [0.25, 0.3) is 0 Å². The maximum absolute atomic E-state index is 11.8. The van der Waals surface area contributed by atoms with Crippen LogP contribution in [0.15, 0.2) is 4.34 Å². The summed E-state index contributed by atoms with van der Waals surface area (Å²) in [5, 5.41) is 0.315.